The van der Waals surface area contributed by atoms with Crippen molar-refractivity contribution in [2.24, 2.45) is 5.41 Å². The Morgan fingerprint density at radius 2 is 2.22 bits per heavy atom. The van der Waals surface area contributed by atoms with E-state index in [9.17, 15) is 9.90 Å². The Balaban J connectivity index is 2.00. The zero-order valence-electron chi connectivity index (χ0n) is 11.0. The van der Waals surface area contributed by atoms with Gasteiger partial charge < -0.3 is 15.3 Å². The van der Waals surface area contributed by atoms with Crippen LogP contribution in [0.1, 0.15) is 28.2 Å². The summed E-state index contributed by atoms with van der Waals surface area (Å²) < 4.78 is 0. The van der Waals surface area contributed by atoms with Crippen LogP contribution < -0.4 is 10.2 Å². The van der Waals surface area contributed by atoms with E-state index in [0.717, 1.165) is 23.7 Å². The molecule has 0 radical (unpaired) electrons. The Bertz CT molecular complexity index is 452. The van der Waals surface area contributed by atoms with Crippen LogP contribution in [0.15, 0.2) is 0 Å². The summed E-state index contributed by atoms with van der Waals surface area (Å²) in [5.74, 6) is -0.0853. The minimum Gasteiger partial charge on any atom is -0.396 e. The van der Waals surface area contributed by atoms with Crippen LogP contribution in [0.4, 0.5) is 5.13 Å². The fourth-order valence-electron chi connectivity index (χ4n) is 1.70. The van der Waals surface area contributed by atoms with E-state index in [4.69, 9.17) is 0 Å². The highest BCUT2D eigenvalue weighted by molar-refractivity contribution is 7.17. The molecular weight excluding hydrogens is 250 g/mol. The maximum absolute atomic E-state index is 12.1. The molecule has 0 aliphatic heterocycles. The maximum Gasteiger partial charge on any atom is 0.263 e. The van der Waals surface area contributed by atoms with Crippen molar-refractivity contribution < 1.29 is 9.90 Å². The largest absolute Gasteiger partial charge is 0.396 e. The van der Waals surface area contributed by atoms with Crippen molar-refractivity contribution in [2.75, 3.05) is 32.1 Å². The molecule has 1 amide bonds. The first-order valence-corrected chi connectivity index (χ1v) is 6.83. The lowest BCUT2D eigenvalue weighted by molar-refractivity contribution is 0.0938. The van der Waals surface area contributed by atoms with Crippen molar-refractivity contribution in [3.05, 3.63) is 10.6 Å². The van der Waals surface area contributed by atoms with Gasteiger partial charge in [0.1, 0.15) is 4.88 Å². The number of hydrogen-bond acceptors (Lipinski definition) is 5. The van der Waals surface area contributed by atoms with Gasteiger partial charge in [-0.25, -0.2) is 4.98 Å². The van der Waals surface area contributed by atoms with Gasteiger partial charge in [-0.05, 0) is 19.8 Å². The molecule has 2 N–H and O–H groups in total. The van der Waals surface area contributed by atoms with Crippen molar-refractivity contribution >= 4 is 22.4 Å². The zero-order chi connectivity index (χ0) is 13.3. The second kappa shape index (κ2) is 4.85. The summed E-state index contributed by atoms with van der Waals surface area (Å²) in [4.78, 5) is 18.9. The molecule has 0 unspecified atom stereocenters. The molecule has 1 heterocycles. The van der Waals surface area contributed by atoms with E-state index in [2.05, 4.69) is 10.3 Å². The van der Waals surface area contributed by atoms with Gasteiger partial charge >= 0.3 is 0 Å². The lowest BCUT2D eigenvalue weighted by Gasteiger charge is -2.12. The molecule has 1 aromatic heterocycles. The molecule has 0 aromatic carbocycles. The number of thiazole rings is 1. The number of nitrogens with one attached hydrogen (secondary N) is 1. The number of nitrogens with zero attached hydrogens (tertiary/aromatic N) is 2. The van der Waals surface area contributed by atoms with Gasteiger partial charge in [-0.3, -0.25) is 4.79 Å². The third-order valence-electron chi connectivity index (χ3n) is 3.29. The predicted octanol–water partition coefficient (Wildman–Crippen LogP) is 1.02. The fourth-order valence-corrected chi connectivity index (χ4v) is 2.61. The Labute approximate surface area is 111 Å². The molecule has 5 nitrogen and oxygen atoms in total. The number of aliphatic hydroxyl groups excluding tert-OH is 1. The number of rotatable bonds is 5. The van der Waals surface area contributed by atoms with E-state index in [0.29, 0.717) is 11.4 Å². The quantitative estimate of drug-likeness (QED) is 0.837. The molecule has 1 aliphatic carbocycles. The van der Waals surface area contributed by atoms with Crippen LogP contribution >= 0.6 is 11.3 Å². The fraction of sp³-hybridized carbons (Fsp3) is 0.667. The molecule has 1 saturated carbocycles. The number of anilines is 1. The summed E-state index contributed by atoms with van der Waals surface area (Å²) in [6.07, 6.45) is 1.99. The average Bonchev–Trinajstić information content (AvgIpc) is 3.02. The van der Waals surface area contributed by atoms with Crippen LogP contribution in [0.2, 0.25) is 0 Å². The van der Waals surface area contributed by atoms with Crippen molar-refractivity contribution in [1.82, 2.24) is 10.3 Å². The minimum absolute atomic E-state index is 0.0569. The van der Waals surface area contributed by atoms with Gasteiger partial charge in [-0.1, -0.05) is 11.3 Å². The van der Waals surface area contributed by atoms with Gasteiger partial charge in [0.25, 0.3) is 5.91 Å². The highest BCUT2D eigenvalue weighted by Gasteiger charge is 2.42. The van der Waals surface area contributed by atoms with Crippen molar-refractivity contribution in [2.45, 2.75) is 19.8 Å². The highest BCUT2D eigenvalue weighted by Crippen LogP contribution is 2.44. The van der Waals surface area contributed by atoms with E-state index in [1.54, 1.807) is 0 Å². The van der Waals surface area contributed by atoms with Gasteiger partial charge in [0.15, 0.2) is 5.13 Å². The van der Waals surface area contributed by atoms with Gasteiger partial charge in [-0.15, -0.1) is 0 Å². The smallest absolute Gasteiger partial charge is 0.263 e. The van der Waals surface area contributed by atoms with Gasteiger partial charge in [0, 0.05) is 26.1 Å². The Morgan fingerprint density at radius 1 is 1.56 bits per heavy atom. The van der Waals surface area contributed by atoms with Crippen molar-refractivity contribution in [3.63, 3.8) is 0 Å². The number of amides is 1. The topological polar surface area (TPSA) is 65.5 Å². The first kappa shape index (κ1) is 13.3. The number of aromatic nitrogens is 1. The monoisotopic (exact) mass is 269 g/mol. The number of aryl methyl sites for hydroxylation is 1. The predicted molar refractivity (Wildman–Crippen MR) is 72.3 cm³/mol. The van der Waals surface area contributed by atoms with Crippen LogP contribution in [0.5, 0.6) is 0 Å². The summed E-state index contributed by atoms with van der Waals surface area (Å²) in [7, 11) is 3.82. The third-order valence-corrected chi connectivity index (χ3v) is 4.61. The summed E-state index contributed by atoms with van der Waals surface area (Å²) >= 11 is 1.39. The molecule has 0 bridgehead atoms. The first-order valence-electron chi connectivity index (χ1n) is 6.01. The van der Waals surface area contributed by atoms with Crippen molar-refractivity contribution in [3.8, 4) is 0 Å². The van der Waals surface area contributed by atoms with Crippen LogP contribution in [-0.2, 0) is 0 Å². The summed E-state index contributed by atoms with van der Waals surface area (Å²) in [6.45, 7) is 2.55. The molecule has 1 aliphatic rings. The van der Waals surface area contributed by atoms with E-state index >= 15 is 0 Å². The molecule has 6 heteroatoms. The van der Waals surface area contributed by atoms with Crippen LogP contribution in [0, 0.1) is 12.3 Å². The van der Waals surface area contributed by atoms with E-state index in [-0.39, 0.29) is 17.9 Å². The van der Waals surface area contributed by atoms with Crippen molar-refractivity contribution in [1.29, 1.82) is 0 Å². The highest BCUT2D eigenvalue weighted by atomic mass is 32.1. The molecule has 2 rings (SSSR count). The van der Waals surface area contributed by atoms with Crippen LogP contribution in [0.25, 0.3) is 0 Å². The van der Waals surface area contributed by atoms with Gasteiger partial charge in [0.05, 0.1) is 12.3 Å². The van der Waals surface area contributed by atoms with Gasteiger partial charge in [-0.2, -0.15) is 0 Å². The Kier molecular flexibility index (Phi) is 3.59. The summed E-state index contributed by atoms with van der Waals surface area (Å²) in [5.41, 5.74) is 0.702. The van der Waals surface area contributed by atoms with E-state index < -0.39 is 0 Å². The lowest BCUT2D eigenvalue weighted by Crippen LogP contribution is -2.31. The number of carbonyl (C=O) groups excluding carboxylic acids is 1. The minimum atomic E-state index is -0.0853. The maximum atomic E-state index is 12.1. The normalized spacial score (nSPS) is 16.4. The molecule has 0 saturated heterocycles. The average molecular weight is 269 g/mol. The standard InChI is InChI=1S/C12H19N3O2S/c1-8-9(18-11(14-8)15(2)3)10(17)13-6-12(7-16)4-5-12/h16H,4-7H2,1-3H3,(H,13,17). The summed E-state index contributed by atoms with van der Waals surface area (Å²) in [6, 6.07) is 0. The van der Waals surface area contributed by atoms with Gasteiger partial charge in [0.2, 0.25) is 0 Å². The molecule has 100 valence electrons. The first-order chi connectivity index (χ1) is 8.47. The Hall–Kier alpha value is -1.14. The van der Waals surface area contributed by atoms with E-state index in [1.807, 2.05) is 25.9 Å². The number of carbonyl (C=O) groups is 1. The SMILES string of the molecule is Cc1nc(N(C)C)sc1C(=O)NCC1(CO)CC1. The van der Waals surface area contributed by atoms with Crippen LogP contribution in [0.3, 0.4) is 0 Å². The Morgan fingerprint density at radius 3 is 2.67 bits per heavy atom. The van der Waals surface area contributed by atoms with Crippen LogP contribution in [-0.4, -0.2) is 43.2 Å². The zero-order valence-corrected chi connectivity index (χ0v) is 11.8. The molecule has 0 spiro atoms. The summed E-state index contributed by atoms with van der Waals surface area (Å²) in [5, 5.41) is 12.9. The molecule has 1 aromatic rings. The second-order valence-electron chi connectivity index (χ2n) is 5.15. The third kappa shape index (κ3) is 2.64. The molecule has 1 fully saturated rings. The number of hydrogen-bond donors (Lipinski definition) is 2. The molecule has 0 atom stereocenters. The number of aliphatic hydroxyl groups is 1. The van der Waals surface area contributed by atoms with E-state index in [1.165, 1.54) is 11.3 Å². The molecule has 18 heavy (non-hydrogen) atoms. The lowest BCUT2D eigenvalue weighted by atomic mass is 10.1. The molecular formula is C12H19N3O2S. The second-order valence-corrected chi connectivity index (χ2v) is 6.12.